The van der Waals surface area contributed by atoms with Gasteiger partial charge in [0.2, 0.25) is 0 Å². The molecule has 0 saturated carbocycles. The van der Waals surface area contributed by atoms with Crippen LogP contribution in [-0.4, -0.2) is 38.6 Å². The summed E-state index contributed by atoms with van der Waals surface area (Å²) in [6, 6.07) is 8.93. The monoisotopic (exact) mass is 352 g/mol. The molecule has 2 amide bonds. The number of carbonyl (C=O) groups excluding carboxylic acids is 2. The summed E-state index contributed by atoms with van der Waals surface area (Å²) in [4.78, 5) is 26.1. The predicted molar refractivity (Wildman–Crippen MR) is 95.2 cm³/mol. The molecule has 1 aliphatic rings. The molecule has 2 rings (SSSR count). The molecule has 0 aromatic heterocycles. The third-order valence-corrected chi connectivity index (χ3v) is 5.13. The van der Waals surface area contributed by atoms with Crippen molar-refractivity contribution in [3.8, 4) is 0 Å². The van der Waals surface area contributed by atoms with Crippen LogP contribution in [0.15, 0.2) is 30.3 Å². The summed E-state index contributed by atoms with van der Waals surface area (Å²) in [5.74, 6) is -0.212. The van der Waals surface area contributed by atoms with Gasteiger partial charge in [-0.15, -0.1) is 0 Å². The van der Waals surface area contributed by atoms with E-state index in [1.807, 2.05) is 44.2 Å². The van der Waals surface area contributed by atoms with E-state index in [0.29, 0.717) is 10.9 Å². The fraction of sp³-hybridized carbons (Fsp3) is 0.438. The van der Waals surface area contributed by atoms with Gasteiger partial charge < -0.3 is 10.1 Å². The number of rotatable bonds is 4. The molecular formula is C16H20N2O3S2. The van der Waals surface area contributed by atoms with Gasteiger partial charge in [0.15, 0.2) is 0 Å². The van der Waals surface area contributed by atoms with Crippen LogP contribution in [0.5, 0.6) is 0 Å². The fourth-order valence-corrected chi connectivity index (χ4v) is 4.11. The van der Waals surface area contributed by atoms with E-state index in [0.717, 1.165) is 5.56 Å². The molecule has 1 N–H and O–H groups in total. The normalized spacial score (nSPS) is 20.3. The molecule has 1 atom stereocenters. The zero-order chi connectivity index (χ0) is 17.0. The first-order chi connectivity index (χ1) is 10.8. The van der Waals surface area contributed by atoms with Gasteiger partial charge in [-0.2, -0.15) is 0 Å². The Bertz CT molecular complexity index is 605. The minimum atomic E-state index is -0.693. The summed E-state index contributed by atoms with van der Waals surface area (Å²) < 4.78 is 4.89. The van der Waals surface area contributed by atoms with Crippen LogP contribution in [0.25, 0.3) is 0 Å². The first-order valence-electron chi connectivity index (χ1n) is 7.36. The van der Waals surface area contributed by atoms with Crippen LogP contribution in [-0.2, 0) is 16.1 Å². The maximum absolute atomic E-state index is 12.9. The maximum atomic E-state index is 12.9. The van der Waals surface area contributed by atoms with Gasteiger partial charge in [0.1, 0.15) is 10.4 Å². The van der Waals surface area contributed by atoms with Gasteiger partial charge in [-0.25, -0.2) is 4.79 Å². The average molecular weight is 352 g/mol. The summed E-state index contributed by atoms with van der Waals surface area (Å²) >= 11 is 6.80. The fourth-order valence-electron chi connectivity index (χ4n) is 2.32. The van der Waals surface area contributed by atoms with E-state index >= 15 is 0 Å². The van der Waals surface area contributed by atoms with E-state index in [9.17, 15) is 9.59 Å². The van der Waals surface area contributed by atoms with Crippen LogP contribution in [0.1, 0.15) is 26.3 Å². The molecule has 1 fully saturated rings. The van der Waals surface area contributed by atoms with Crippen molar-refractivity contribution < 1.29 is 14.3 Å². The van der Waals surface area contributed by atoms with E-state index in [2.05, 4.69) is 5.32 Å². The highest BCUT2D eigenvalue weighted by Crippen LogP contribution is 2.37. The van der Waals surface area contributed by atoms with Crippen LogP contribution in [0.3, 0.4) is 0 Å². The Balaban J connectivity index is 2.19. The molecule has 0 radical (unpaired) electrons. The van der Waals surface area contributed by atoms with E-state index in [1.165, 1.54) is 16.7 Å². The van der Waals surface area contributed by atoms with E-state index in [-0.39, 0.29) is 12.5 Å². The highest BCUT2D eigenvalue weighted by atomic mass is 32.2. The number of thiocarbonyl (C=S) groups is 1. The standard InChI is InChI=1S/C16H20N2O3S2/c1-4-21-14(20)17-12-13(19)18(15(22)23-16(12,2)3)10-11-8-6-5-7-9-11/h5-9,12H,4,10H2,1-3H3,(H,17,20). The van der Waals surface area contributed by atoms with Crippen molar-refractivity contribution in [2.75, 3.05) is 6.61 Å². The third kappa shape index (κ3) is 4.23. The van der Waals surface area contributed by atoms with Crippen molar-refractivity contribution in [3.63, 3.8) is 0 Å². The lowest BCUT2D eigenvalue weighted by Crippen LogP contribution is -2.62. The van der Waals surface area contributed by atoms with Crippen molar-refractivity contribution in [2.45, 2.75) is 38.1 Å². The third-order valence-electron chi connectivity index (χ3n) is 3.50. The molecule has 124 valence electrons. The number of carbonyl (C=O) groups is 2. The molecule has 1 heterocycles. The Kier molecular flexibility index (Phi) is 5.64. The second-order valence-corrected chi connectivity index (χ2v) is 7.97. The van der Waals surface area contributed by atoms with Gasteiger partial charge in [-0.1, -0.05) is 54.3 Å². The molecule has 5 nitrogen and oxygen atoms in total. The van der Waals surface area contributed by atoms with Crippen molar-refractivity contribution in [1.82, 2.24) is 10.2 Å². The number of alkyl carbamates (subject to hydrolysis) is 1. The Labute approximate surface area is 145 Å². The molecule has 1 aliphatic heterocycles. The Hall–Kier alpha value is -1.60. The number of benzene rings is 1. The molecule has 0 bridgehead atoms. The lowest BCUT2D eigenvalue weighted by molar-refractivity contribution is -0.130. The number of ether oxygens (including phenoxy) is 1. The molecular weight excluding hydrogens is 332 g/mol. The quantitative estimate of drug-likeness (QED) is 0.845. The van der Waals surface area contributed by atoms with E-state index < -0.39 is 16.9 Å². The molecule has 1 aromatic rings. The molecule has 0 spiro atoms. The minimum Gasteiger partial charge on any atom is -0.450 e. The van der Waals surface area contributed by atoms with Gasteiger partial charge in [0.05, 0.1) is 13.2 Å². The smallest absolute Gasteiger partial charge is 0.407 e. The number of thioether (sulfide) groups is 1. The first-order valence-corrected chi connectivity index (χ1v) is 8.59. The number of nitrogens with zero attached hydrogens (tertiary/aromatic N) is 1. The van der Waals surface area contributed by atoms with Gasteiger partial charge in [-0.3, -0.25) is 9.69 Å². The molecule has 23 heavy (non-hydrogen) atoms. The van der Waals surface area contributed by atoms with Gasteiger partial charge >= 0.3 is 6.09 Å². The predicted octanol–water partition coefficient (Wildman–Crippen LogP) is 2.94. The average Bonchev–Trinajstić information content (AvgIpc) is 2.49. The number of nitrogens with one attached hydrogen (secondary N) is 1. The SMILES string of the molecule is CCOC(=O)NC1C(=O)N(Cc2ccccc2)C(=S)SC1(C)C. The number of hydrogen-bond acceptors (Lipinski definition) is 5. The summed E-state index contributed by atoms with van der Waals surface area (Å²) in [6.07, 6.45) is -0.591. The zero-order valence-electron chi connectivity index (χ0n) is 13.4. The van der Waals surface area contributed by atoms with Crippen molar-refractivity contribution in [3.05, 3.63) is 35.9 Å². The maximum Gasteiger partial charge on any atom is 0.407 e. The zero-order valence-corrected chi connectivity index (χ0v) is 15.0. The Morgan fingerprint density at radius 2 is 2.04 bits per heavy atom. The van der Waals surface area contributed by atoms with Crippen LogP contribution in [0.4, 0.5) is 4.79 Å². The molecule has 1 unspecified atom stereocenters. The minimum absolute atomic E-state index is 0.212. The highest BCUT2D eigenvalue weighted by Gasteiger charge is 2.46. The molecule has 1 saturated heterocycles. The van der Waals surface area contributed by atoms with Crippen molar-refractivity contribution >= 4 is 40.3 Å². The second-order valence-electron chi connectivity index (χ2n) is 5.68. The molecule has 7 heteroatoms. The van der Waals surface area contributed by atoms with Gasteiger partial charge in [-0.05, 0) is 26.3 Å². The topological polar surface area (TPSA) is 58.6 Å². The first kappa shape index (κ1) is 17.7. The summed E-state index contributed by atoms with van der Waals surface area (Å²) in [5, 5.41) is 2.66. The molecule has 0 aliphatic carbocycles. The van der Waals surface area contributed by atoms with Crippen molar-refractivity contribution in [2.24, 2.45) is 0 Å². The van der Waals surface area contributed by atoms with E-state index in [1.54, 1.807) is 6.92 Å². The van der Waals surface area contributed by atoms with Gasteiger partial charge in [0, 0.05) is 4.75 Å². The van der Waals surface area contributed by atoms with Crippen LogP contribution in [0, 0.1) is 0 Å². The largest absolute Gasteiger partial charge is 0.450 e. The lowest BCUT2D eigenvalue weighted by Gasteiger charge is -2.42. The van der Waals surface area contributed by atoms with Crippen LogP contribution in [0.2, 0.25) is 0 Å². The van der Waals surface area contributed by atoms with Crippen LogP contribution >= 0.6 is 24.0 Å². The van der Waals surface area contributed by atoms with Crippen molar-refractivity contribution in [1.29, 1.82) is 0 Å². The van der Waals surface area contributed by atoms with Gasteiger partial charge in [0.25, 0.3) is 5.91 Å². The summed E-state index contributed by atoms with van der Waals surface area (Å²) in [6.45, 7) is 6.14. The number of hydrogen-bond donors (Lipinski definition) is 1. The second kappa shape index (κ2) is 7.31. The lowest BCUT2D eigenvalue weighted by atomic mass is 10.0. The summed E-state index contributed by atoms with van der Waals surface area (Å²) in [7, 11) is 0. The highest BCUT2D eigenvalue weighted by molar-refractivity contribution is 8.24. The Morgan fingerprint density at radius 1 is 1.39 bits per heavy atom. The Morgan fingerprint density at radius 3 is 2.65 bits per heavy atom. The molecule has 1 aromatic carbocycles. The van der Waals surface area contributed by atoms with E-state index in [4.69, 9.17) is 17.0 Å². The number of amides is 2. The summed E-state index contributed by atoms with van der Waals surface area (Å²) in [5.41, 5.74) is 0.985. The van der Waals surface area contributed by atoms with Crippen LogP contribution < -0.4 is 5.32 Å².